The van der Waals surface area contributed by atoms with Gasteiger partial charge in [0.25, 0.3) is 0 Å². The highest BCUT2D eigenvalue weighted by molar-refractivity contribution is 6.17. The van der Waals surface area contributed by atoms with Gasteiger partial charge in [0.05, 0.1) is 69.4 Å². The molecule has 8 atom stereocenters. The lowest BCUT2D eigenvalue weighted by Crippen LogP contribution is -2.21. The SMILES string of the molecule is O=C1NC(=O)[C@@H](c2c[nH]c3ccccc23)[C@H]1c1cn2c3c(cccc13)CCC2.O=C1NC(=O)[C@@H](c2c[nH]c3ccccc23)[C@H]1c1cn2c3c(cccc13)CCC2.O=C1NC(=O)[C@@H](c2cn3c4c(cccc24)CCC3)[C@H]1c1c[nH]c2ccccc12.O=C1NC(=O)[C@H](c2cn3c4c(cccc24)CCC3)[C@H]1c1c[nH]c2ccccc12. The summed E-state index contributed by atoms with van der Waals surface area (Å²) in [5.74, 6) is -5.81. The van der Waals surface area contributed by atoms with Crippen LogP contribution in [0.2, 0.25) is 0 Å². The summed E-state index contributed by atoms with van der Waals surface area (Å²) >= 11 is 0. The summed E-state index contributed by atoms with van der Waals surface area (Å²) < 4.78 is 9.02. The van der Waals surface area contributed by atoms with Gasteiger partial charge in [0, 0.05) is 141 Å². The molecular weight excluding hydrogens is 1400 g/mol. The number of nitrogens with one attached hydrogen (secondary N) is 8. The molecule has 0 aliphatic carbocycles. The minimum absolute atomic E-state index is 0.205. The highest BCUT2D eigenvalue weighted by atomic mass is 16.2. The lowest BCUT2D eigenvalue weighted by atomic mass is 9.83. The summed E-state index contributed by atoms with van der Waals surface area (Å²) in [5.41, 5.74) is 21.4. The monoisotopic (exact) mass is 1480 g/mol. The van der Waals surface area contributed by atoms with Crippen molar-refractivity contribution in [2.45, 2.75) is 125 Å². The van der Waals surface area contributed by atoms with Crippen molar-refractivity contribution in [3.63, 3.8) is 0 Å². The van der Waals surface area contributed by atoms with Crippen LogP contribution in [0.4, 0.5) is 0 Å². The van der Waals surface area contributed by atoms with E-state index in [1.807, 2.05) is 122 Å². The van der Waals surface area contributed by atoms with Crippen molar-refractivity contribution < 1.29 is 38.4 Å². The van der Waals surface area contributed by atoms with E-state index in [1.165, 1.54) is 44.3 Å². The summed E-state index contributed by atoms with van der Waals surface area (Å²) in [6.45, 7) is 3.81. The Morgan fingerprint density at radius 2 is 0.420 bits per heavy atom. The van der Waals surface area contributed by atoms with Crippen LogP contribution >= 0.6 is 0 Å². The van der Waals surface area contributed by atoms with Gasteiger partial charge in [0.1, 0.15) is 0 Å². The number of nitrogens with zero attached hydrogens (tertiary/aromatic N) is 4. The summed E-state index contributed by atoms with van der Waals surface area (Å²) in [5, 5.41) is 18.7. The Labute approximate surface area is 639 Å². The average Bonchev–Trinajstić information content (AvgIpc) is 1.59. The van der Waals surface area contributed by atoms with Crippen LogP contribution in [0.1, 0.15) is 140 Å². The van der Waals surface area contributed by atoms with E-state index in [2.05, 4.69) is 157 Å². The number of aromatic amines is 4. The molecule has 20 heteroatoms. The predicted molar refractivity (Wildman–Crippen MR) is 429 cm³/mol. The molecule has 16 heterocycles. The topological polar surface area (TPSA) is 268 Å². The fourth-order valence-corrected chi connectivity index (χ4v) is 20.4. The number of para-hydroxylation sites is 8. The zero-order chi connectivity index (χ0) is 75.3. The minimum atomic E-state index is -0.521. The number of carbonyl (C=O) groups excluding carboxylic acids is 8. The number of H-pyrrole nitrogens is 4. The molecular formula is C92H76N12O8. The molecule has 0 bridgehead atoms. The fourth-order valence-electron chi connectivity index (χ4n) is 20.4. The van der Waals surface area contributed by atoms with Gasteiger partial charge in [-0.1, -0.05) is 146 Å². The third kappa shape index (κ3) is 10.5. The third-order valence-corrected chi connectivity index (χ3v) is 25.2. The van der Waals surface area contributed by atoms with Crippen LogP contribution in [0.5, 0.6) is 0 Å². The zero-order valence-corrected chi connectivity index (χ0v) is 60.9. The van der Waals surface area contributed by atoms with Gasteiger partial charge in [0.2, 0.25) is 47.3 Å². The standard InChI is InChI=1S/4C23H19N3O2/c4*27-22-19(16-11-24-18-9-2-1-7-14(16)18)20(23(28)25-22)17-12-26-10-4-6-13-5-3-8-15(17)21(13)26/h4*1-3,5,7-9,11-12,19-20,24H,4,6,10H2,(H,25,27,28)/t3*19-,20+;19-,20-/m1001/s1. The zero-order valence-electron chi connectivity index (χ0n) is 60.9. The van der Waals surface area contributed by atoms with Crippen molar-refractivity contribution in [3.05, 3.63) is 286 Å². The van der Waals surface area contributed by atoms with Crippen molar-refractivity contribution in [2.24, 2.45) is 0 Å². The largest absolute Gasteiger partial charge is 0.361 e. The second-order valence-electron chi connectivity index (χ2n) is 31.2. The quantitative estimate of drug-likeness (QED) is 0.0676. The van der Waals surface area contributed by atoms with Gasteiger partial charge < -0.3 is 38.2 Å². The maximum atomic E-state index is 12.9. The Kier molecular flexibility index (Phi) is 15.6. The van der Waals surface area contributed by atoms with Crippen LogP contribution in [0.3, 0.4) is 0 Å². The number of rotatable bonds is 8. The van der Waals surface area contributed by atoms with Crippen LogP contribution in [0.15, 0.2) is 219 Å². The van der Waals surface area contributed by atoms with E-state index in [1.54, 1.807) is 0 Å². The molecule has 20 nitrogen and oxygen atoms in total. The second-order valence-corrected chi connectivity index (χ2v) is 31.2. The molecule has 16 aromatic rings. The van der Waals surface area contributed by atoms with Crippen molar-refractivity contribution in [2.75, 3.05) is 0 Å². The Hall–Kier alpha value is -13.4. The number of carbonyl (C=O) groups is 8. The fraction of sp³-hybridized carbons (Fsp3) is 0.217. The van der Waals surface area contributed by atoms with Gasteiger partial charge in [-0.05, 0) is 142 Å². The number of hydrogen-bond acceptors (Lipinski definition) is 8. The first-order valence-electron chi connectivity index (χ1n) is 38.9. The lowest BCUT2D eigenvalue weighted by Gasteiger charge is -2.15. The highest BCUT2D eigenvalue weighted by Crippen LogP contribution is 2.50. The Morgan fingerprint density at radius 1 is 0.223 bits per heavy atom. The molecule has 4 fully saturated rings. The molecule has 4 saturated heterocycles. The van der Waals surface area contributed by atoms with E-state index in [0.29, 0.717) is 0 Å². The predicted octanol–water partition coefficient (Wildman–Crippen LogP) is 14.4. The minimum Gasteiger partial charge on any atom is -0.361 e. The van der Waals surface area contributed by atoms with Crippen molar-refractivity contribution in [3.8, 4) is 0 Å². The Balaban J connectivity index is 0.0000000943. The normalized spacial score (nSPS) is 21.6. The number of fused-ring (bicyclic) bond motifs is 4. The summed E-state index contributed by atoms with van der Waals surface area (Å²) in [6.07, 6.45) is 24.5. The van der Waals surface area contributed by atoms with Crippen LogP contribution < -0.4 is 21.3 Å². The molecule has 552 valence electrons. The van der Waals surface area contributed by atoms with Crippen molar-refractivity contribution >= 4 is 134 Å². The van der Waals surface area contributed by atoms with E-state index in [4.69, 9.17) is 0 Å². The smallest absolute Gasteiger partial charge is 0.235 e. The van der Waals surface area contributed by atoms with Gasteiger partial charge in [-0.2, -0.15) is 0 Å². The highest BCUT2D eigenvalue weighted by Gasteiger charge is 2.50. The summed E-state index contributed by atoms with van der Waals surface area (Å²) in [6, 6.07) is 56.9. The number of amides is 8. The molecule has 8 N–H and O–H groups in total. The third-order valence-electron chi connectivity index (χ3n) is 25.2. The van der Waals surface area contributed by atoms with Gasteiger partial charge >= 0.3 is 0 Å². The molecule has 24 rings (SSSR count). The number of benzene rings is 8. The van der Waals surface area contributed by atoms with Crippen molar-refractivity contribution in [1.82, 2.24) is 59.5 Å². The van der Waals surface area contributed by atoms with E-state index in [-0.39, 0.29) is 47.3 Å². The lowest BCUT2D eigenvalue weighted by molar-refractivity contribution is -0.127. The number of hydrogen-bond donors (Lipinski definition) is 8. The molecule has 112 heavy (non-hydrogen) atoms. The van der Waals surface area contributed by atoms with E-state index in [0.717, 1.165) is 187 Å². The number of imide groups is 4. The summed E-state index contributed by atoms with van der Waals surface area (Å²) in [7, 11) is 0. The average molecular weight is 1480 g/mol. The first kappa shape index (κ1) is 66.8. The van der Waals surface area contributed by atoms with Gasteiger partial charge in [-0.15, -0.1) is 0 Å². The van der Waals surface area contributed by atoms with Crippen LogP contribution in [0, 0.1) is 0 Å². The second kappa shape index (κ2) is 26.2. The van der Waals surface area contributed by atoms with E-state index >= 15 is 0 Å². The molecule has 8 aliphatic heterocycles. The van der Waals surface area contributed by atoms with Gasteiger partial charge in [-0.3, -0.25) is 59.6 Å². The van der Waals surface area contributed by atoms with Gasteiger partial charge in [-0.25, -0.2) is 0 Å². The Bertz CT molecular complexity index is 5920. The molecule has 8 aromatic carbocycles. The number of aryl methyl sites for hydroxylation is 8. The molecule has 0 saturated carbocycles. The first-order chi connectivity index (χ1) is 54.9. The molecule has 8 aromatic heterocycles. The first-order valence-corrected chi connectivity index (χ1v) is 38.9. The molecule has 0 radical (unpaired) electrons. The van der Waals surface area contributed by atoms with Crippen LogP contribution in [-0.2, 0) is 90.2 Å². The van der Waals surface area contributed by atoms with Crippen LogP contribution in [-0.4, -0.2) is 85.5 Å². The summed E-state index contributed by atoms with van der Waals surface area (Å²) in [4.78, 5) is 116. The molecule has 0 unspecified atom stereocenters. The van der Waals surface area contributed by atoms with E-state index < -0.39 is 47.3 Å². The van der Waals surface area contributed by atoms with E-state index in [9.17, 15) is 38.4 Å². The van der Waals surface area contributed by atoms with Crippen LogP contribution in [0.25, 0.3) is 87.2 Å². The van der Waals surface area contributed by atoms with Crippen molar-refractivity contribution in [1.29, 1.82) is 0 Å². The van der Waals surface area contributed by atoms with Gasteiger partial charge in [0.15, 0.2) is 0 Å². The molecule has 0 spiro atoms. The Morgan fingerprint density at radius 3 is 0.643 bits per heavy atom. The number of aromatic nitrogens is 8. The molecule has 8 aliphatic rings. The molecule has 8 amide bonds. The maximum Gasteiger partial charge on any atom is 0.235 e. The maximum absolute atomic E-state index is 12.9.